The lowest BCUT2D eigenvalue weighted by Gasteiger charge is -2.07. The fourth-order valence-electron chi connectivity index (χ4n) is 1.60. The van der Waals surface area contributed by atoms with Gasteiger partial charge >= 0.3 is 0 Å². The highest BCUT2D eigenvalue weighted by atomic mass is 35.5. The average Bonchev–Trinajstić information content (AvgIpc) is 2.35. The molecule has 1 aromatic heterocycles. The van der Waals surface area contributed by atoms with Crippen LogP contribution in [-0.4, -0.2) is 12.1 Å². The third kappa shape index (κ3) is 2.60. The Bertz CT molecular complexity index is 558. The van der Waals surface area contributed by atoms with Gasteiger partial charge in [0.05, 0.1) is 23.0 Å². The number of halogens is 2. The summed E-state index contributed by atoms with van der Waals surface area (Å²) in [5.41, 5.74) is 7.58. The van der Waals surface area contributed by atoms with Gasteiger partial charge < -0.3 is 10.5 Å². The molecule has 0 unspecified atom stereocenters. The van der Waals surface area contributed by atoms with Gasteiger partial charge in [0.2, 0.25) is 0 Å². The van der Waals surface area contributed by atoms with Gasteiger partial charge in [0.15, 0.2) is 0 Å². The van der Waals surface area contributed by atoms with Gasteiger partial charge in [-0.05, 0) is 18.2 Å². The molecule has 0 saturated carbocycles. The van der Waals surface area contributed by atoms with E-state index in [-0.39, 0.29) is 5.69 Å². The number of ether oxygens (including phenoxy) is 1. The van der Waals surface area contributed by atoms with Crippen LogP contribution in [0.4, 0.5) is 10.1 Å². The lowest BCUT2D eigenvalue weighted by molar-refractivity contribution is 0.181. The molecular formula is C13H12ClFN2O. The molecule has 1 aromatic carbocycles. The maximum absolute atomic E-state index is 13.4. The number of pyridine rings is 1. The van der Waals surface area contributed by atoms with Gasteiger partial charge in [0.1, 0.15) is 5.82 Å². The summed E-state index contributed by atoms with van der Waals surface area (Å²) in [6.07, 6.45) is 1.63. The number of nitrogens with zero attached hydrogens (tertiary/aromatic N) is 1. The highest BCUT2D eigenvalue weighted by molar-refractivity contribution is 6.33. The Labute approximate surface area is 109 Å². The summed E-state index contributed by atoms with van der Waals surface area (Å²) >= 11 is 6.04. The second-order valence-electron chi connectivity index (χ2n) is 3.82. The van der Waals surface area contributed by atoms with Crippen molar-refractivity contribution in [2.75, 3.05) is 12.8 Å². The van der Waals surface area contributed by atoms with E-state index in [9.17, 15) is 4.39 Å². The number of nitrogen functional groups attached to an aromatic ring is 1. The maximum atomic E-state index is 13.4. The van der Waals surface area contributed by atoms with Crippen LogP contribution in [0.1, 0.15) is 5.69 Å². The molecule has 5 heteroatoms. The molecule has 94 valence electrons. The van der Waals surface area contributed by atoms with Crippen molar-refractivity contribution in [3.63, 3.8) is 0 Å². The second kappa shape index (κ2) is 5.33. The molecular weight excluding hydrogens is 255 g/mol. The Kier molecular flexibility index (Phi) is 3.79. The Balaban J connectivity index is 2.39. The van der Waals surface area contributed by atoms with E-state index < -0.39 is 5.82 Å². The monoisotopic (exact) mass is 266 g/mol. The molecule has 1 heterocycles. The van der Waals surface area contributed by atoms with Gasteiger partial charge in [0, 0.05) is 24.4 Å². The normalized spacial score (nSPS) is 10.6. The van der Waals surface area contributed by atoms with Gasteiger partial charge in [0.25, 0.3) is 0 Å². The lowest BCUT2D eigenvalue weighted by Crippen LogP contribution is -1.94. The standard InChI is InChI=1S/C13H12ClFN2O/c1-18-7-9-3-2-8(6-17-9)10-4-12(15)13(16)5-11(10)14/h2-6H,7,16H2,1H3. The van der Waals surface area contributed by atoms with Crippen LogP contribution < -0.4 is 5.73 Å². The van der Waals surface area contributed by atoms with Crippen molar-refractivity contribution in [2.45, 2.75) is 6.61 Å². The fraction of sp³-hybridized carbons (Fsp3) is 0.154. The highest BCUT2D eigenvalue weighted by Crippen LogP contribution is 2.30. The summed E-state index contributed by atoms with van der Waals surface area (Å²) in [4.78, 5) is 4.20. The van der Waals surface area contributed by atoms with Crippen molar-refractivity contribution in [3.8, 4) is 11.1 Å². The lowest BCUT2D eigenvalue weighted by atomic mass is 10.1. The third-order valence-electron chi connectivity index (χ3n) is 2.51. The molecule has 0 saturated heterocycles. The molecule has 0 aliphatic rings. The van der Waals surface area contributed by atoms with Crippen LogP contribution in [0.25, 0.3) is 11.1 Å². The van der Waals surface area contributed by atoms with E-state index in [1.807, 2.05) is 12.1 Å². The molecule has 0 radical (unpaired) electrons. The Morgan fingerprint density at radius 1 is 1.39 bits per heavy atom. The summed E-state index contributed by atoms with van der Waals surface area (Å²) in [7, 11) is 1.60. The maximum Gasteiger partial charge on any atom is 0.146 e. The van der Waals surface area contributed by atoms with Crippen LogP contribution in [-0.2, 0) is 11.3 Å². The zero-order chi connectivity index (χ0) is 13.1. The topological polar surface area (TPSA) is 48.1 Å². The second-order valence-corrected chi connectivity index (χ2v) is 4.23. The molecule has 0 fully saturated rings. The Hall–Kier alpha value is -1.65. The molecule has 0 atom stereocenters. The Morgan fingerprint density at radius 3 is 2.78 bits per heavy atom. The molecule has 3 nitrogen and oxygen atoms in total. The van der Waals surface area contributed by atoms with Gasteiger partial charge in [-0.1, -0.05) is 17.7 Å². The van der Waals surface area contributed by atoms with Crippen LogP contribution in [0, 0.1) is 5.82 Å². The summed E-state index contributed by atoms with van der Waals surface area (Å²) in [6.45, 7) is 0.435. The van der Waals surface area contributed by atoms with Crippen LogP contribution >= 0.6 is 11.6 Å². The molecule has 18 heavy (non-hydrogen) atoms. The van der Waals surface area contributed by atoms with Gasteiger partial charge in [-0.25, -0.2) is 4.39 Å². The minimum absolute atomic E-state index is 0.0349. The third-order valence-corrected chi connectivity index (χ3v) is 2.83. The van der Waals surface area contributed by atoms with Crippen LogP contribution in [0.5, 0.6) is 0 Å². The summed E-state index contributed by atoms with van der Waals surface area (Å²) in [5, 5.41) is 0.398. The minimum atomic E-state index is -0.490. The number of methoxy groups -OCH3 is 1. The zero-order valence-corrected chi connectivity index (χ0v) is 10.5. The first-order valence-electron chi connectivity index (χ1n) is 5.30. The van der Waals surface area contributed by atoms with Crippen molar-refractivity contribution < 1.29 is 9.13 Å². The van der Waals surface area contributed by atoms with E-state index in [0.717, 1.165) is 11.3 Å². The van der Waals surface area contributed by atoms with E-state index in [1.54, 1.807) is 13.3 Å². The van der Waals surface area contributed by atoms with Gasteiger partial charge in [-0.2, -0.15) is 0 Å². The van der Waals surface area contributed by atoms with E-state index in [1.165, 1.54) is 12.1 Å². The fourth-order valence-corrected chi connectivity index (χ4v) is 1.88. The van der Waals surface area contributed by atoms with Crippen molar-refractivity contribution in [1.82, 2.24) is 4.98 Å². The SMILES string of the molecule is COCc1ccc(-c2cc(F)c(N)cc2Cl)cn1. The van der Waals surface area contributed by atoms with E-state index in [4.69, 9.17) is 22.1 Å². The van der Waals surface area contributed by atoms with Crippen molar-refractivity contribution in [3.05, 3.63) is 47.0 Å². The molecule has 0 amide bonds. The van der Waals surface area contributed by atoms with Crippen molar-refractivity contribution >= 4 is 17.3 Å². The first-order valence-corrected chi connectivity index (χ1v) is 5.68. The van der Waals surface area contributed by atoms with E-state index in [2.05, 4.69) is 4.98 Å². The first kappa shape index (κ1) is 12.8. The van der Waals surface area contributed by atoms with Crippen LogP contribution in [0.3, 0.4) is 0 Å². The van der Waals surface area contributed by atoms with Gasteiger partial charge in [-0.3, -0.25) is 4.98 Å². The predicted octanol–water partition coefficient (Wildman–Crippen LogP) is 3.27. The number of hydrogen-bond acceptors (Lipinski definition) is 3. The summed E-state index contributed by atoms with van der Waals surface area (Å²) in [5.74, 6) is -0.490. The zero-order valence-electron chi connectivity index (χ0n) is 9.78. The first-order chi connectivity index (χ1) is 8.61. The predicted molar refractivity (Wildman–Crippen MR) is 69.8 cm³/mol. The highest BCUT2D eigenvalue weighted by Gasteiger charge is 2.09. The number of hydrogen-bond donors (Lipinski definition) is 1. The Morgan fingerprint density at radius 2 is 2.17 bits per heavy atom. The molecule has 2 rings (SSSR count). The number of aromatic nitrogens is 1. The van der Waals surface area contributed by atoms with Crippen molar-refractivity contribution in [2.24, 2.45) is 0 Å². The van der Waals surface area contributed by atoms with E-state index >= 15 is 0 Å². The summed E-state index contributed by atoms with van der Waals surface area (Å²) < 4.78 is 18.4. The average molecular weight is 267 g/mol. The van der Waals surface area contributed by atoms with Gasteiger partial charge in [-0.15, -0.1) is 0 Å². The largest absolute Gasteiger partial charge is 0.396 e. The molecule has 2 aromatic rings. The quantitative estimate of drug-likeness (QED) is 0.868. The minimum Gasteiger partial charge on any atom is -0.396 e. The molecule has 0 spiro atoms. The molecule has 2 N–H and O–H groups in total. The number of anilines is 1. The summed E-state index contributed by atoms with van der Waals surface area (Å²) in [6, 6.07) is 6.33. The molecule has 0 bridgehead atoms. The molecule has 0 aliphatic heterocycles. The number of rotatable bonds is 3. The smallest absolute Gasteiger partial charge is 0.146 e. The van der Waals surface area contributed by atoms with Crippen LogP contribution in [0.15, 0.2) is 30.5 Å². The molecule has 0 aliphatic carbocycles. The van der Waals surface area contributed by atoms with Crippen LogP contribution in [0.2, 0.25) is 5.02 Å². The van der Waals surface area contributed by atoms with E-state index in [0.29, 0.717) is 17.2 Å². The number of benzene rings is 1. The van der Waals surface area contributed by atoms with Crippen molar-refractivity contribution in [1.29, 1.82) is 0 Å². The number of nitrogens with two attached hydrogens (primary N) is 1.